The first-order valence-corrected chi connectivity index (χ1v) is 8.00. The number of halogens is 1. The highest BCUT2D eigenvalue weighted by Crippen LogP contribution is 2.47. The Balaban J connectivity index is 2.60. The number of rotatable bonds is 4. The third kappa shape index (κ3) is 2.56. The number of nitrogens with two attached hydrogens (primary N) is 1. The Morgan fingerprint density at radius 3 is 2.25 bits per heavy atom. The van der Waals surface area contributed by atoms with Gasteiger partial charge in [0.25, 0.3) is 0 Å². The molecule has 0 amide bonds. The Kier molecular flexibility index (Phi) is 4.97. The van der Waals surface area contributed by atoms with Crippen molar-refractivity contribution in [1.82, 2.24) is 0 Å². The van der Waals surface area contributed by atoms with Crippen LogP contribution >= 0.6 is 15.9 Å². The van der Waals surface area contributed by atoms with Gasteiger partial charge in [0, 0.05) is 23.1 Å². The first-order chi connectivity index (χ1) is 9.59. The largest absolute Gasteiger partial charge is 0.496 e. The maximum absolute atomic E-state index is 6.16. The van der Waals surface area contributed by atoms with E-state index < -0.39 is 0 Å². The highest BCUT2D eigenvalue weighted by Gasteiger charge is 2.36. The van der Waals surface area contributed by atoms with Crippen LogP contribution in [0.15, 0.2) is 10.5 Å². The van der Waals surface area contributed by atoms with E-state index in [0.29, 0.717) is 6.54 Å². The molecule has 0 aromatic heterocycles. The lowest BCUT2D eigenvalue weighted by atomic mass is 9.69. The number of methoxy groups -OCH3 is 2. The molecule has 0 heterocycles. The zero-order valence-corrected chi connectivity index (χ0v) is 14.2. The summed E-state index contributed by atoms with van der Waals surface area (Å²) in [5.74, 6) is 1.77. The fourth-order valence-corrected chi connectivity index (χ4v) is 4.15. The van der Waals surface area contributed by atoms with Crippen LogP contribution in [-0.4, -0.2) is 20.8 Å². The smallest absolute Gasteiger partial charge is 0.139 e. The molecule has 0 spiro atoms. The standard InChI is InChI=1S/C16H24BrNO2/c1-11-14(19-2)12(9-13(17)15(11)20-3)16(10-18)7-5-4-6-8-16/h9H,4-8,10,18H2,1-3H3. The Morgan fingerprint density at radius 1 is 1.15 bits per heavy atom. The first-order valence-electron chi connectivity index (χ1n) is 7.21. The predicted octanol–water partition coefficient (Wildman–Crippen LogP) is 3.94. The van der Waals surface area contributed by atoms with Crippen molar-refractivity contribution in [3.05, 3.63) is 21.7 Å². The summed E-state index contributed by atoms with van der Waals surface area (Å²) in [7, 11) is 3.41. The summed E-state index contributed by atoms with van der Waals surface area (Å²) in [5.41, 5.74) is 8.48. The minimum Gasteiger partial charge on any atom is -0.496 e. The molecule has 1 aromatic carbocycles. The summed E-state index contributed by atoms with van der Waals surface area (Å²) in [6, 6.07) is 2.14. The molecule has 112 valence electrons. The number of hydrogen-bond acceptors (Lipinski definition) is 3. The number of benzene rings is 1. The molecule has 1 aromatic rings. The van der Waals surface area contributed by atoms with E-state index in [1.165, 1.54) is 24.8 Å². The normalized spacial score (nSPS) is 17.9. The molecule has 1 fully saturated rings. The molecule has 0 saturated heterocycles. The quantitative estimate of drug-likeness (QED) is 0.902. The zero-order valence-electron chi connectivity index (χ0n) is 12.6. The summed E-state index contributed by atoms with van der Waals surface area (Å²) < 4.78 is 12.1. The van der Waals surface area contributed by atoms with E-state index in [-0.39, 0.29) is 5.41 Å². The van der Waals surface area contributed by atoms with Crippen molar-refractivity contribution in [2.45, 2.75) is 44.4 Å². The minimum atomic E-state index is 0.0448. The van der Waals surface area contributed by atoms with Crippen LogP contribution in [0.25, 0.3) is 0 Å². The SMILES string of the molecule is COc1c(Br)cc(C2(CN)CCCCC2)c(OC)c1C. The van der Waals surface area contributed by atoms with Gasteiger partial charge in [-0.25, -0.2) is 0 Å². The highest BCUT2D eigenvalue weighted by molar-refractivity contribution is 9.10. The van der Waals surface area contributed by atoms with Gasteiger partial charge in [-0.2, -0.15) is 0 Å². The zero-order chi connectivity index (χ0) is 14.8. The molecule has 20 heavy (non-hydrogen) atoms. The van der Waals surface area contributed by atoms with Gasteiger partial charge in [-0.3, -0.25) is 0 Å². The maximum Gasteiger partial charge on any atom is 0.139 e. The molecule has 1 saturated carbocycles. The van der Waals surface area contributed by atoms with Crippen molar-refractivity contribution in [3.63, 3.8) is 0 Å². The van der Waals surface area contributed by atoms with Gasteiger partial charge in [0.2, 0.25) is 0 Å². The molecule has 1 aliphatic carbocycles. The second-order valence-electron chi connectivity index (χ2n) is 5.64. The van der Waals surface area contributed by atoms with E-state index in [2.05, 4.69) is 22.0 Å². The number of hydrogen-bond donors (Lipinski definition) is 1. The van der Waals surface area contributed by atoms with Gasteiger partial charge in [0.1, 0.15) is 11.5 Å². The first kappa shape index (κ1) is 15.6. The fourth-order valence-electron chi connectivity index (χ4n) is 3.46. The van der Waals surface area contributed by atoms with E-state index >= 15 is 0 Å². The summed E-state index contributed by atoms with van der Waals surface area (Å²) >= 11 is 3.62. The summed E-state index contributed by atoms with van der Waals surface area (Å²) in [6.45, 7) is 2.71. The molecule has 2 rings (SSSR count). The average Bonchev–Trinajstić information content (AvgIpc) is 2.48. The van der Waals surface area contributed by atoms with Crippen LogP contribution in [0, 0.1) is 6.92 Å². The third-order valence-electron chi connectivity index (χ3n) is 4.59. The lowest BCUT2D eigenvalue weighted by molar-refractivity contribution is 0.286. The van der Waals surface area contributed by atoms with Crippen molar-refractivity contribution in [2.75, 3.05) is 20.8 Å². The Morgan fingerprint density at radius 2 is 1.75 bits per heavy atom. The lowest BCUT2D eigenvalue weighted by Crippen LogP contribution is -2.37. The van der Waals surface area contributed by atoms with E-state index in [9.17, 15) is 0 Å². The second-order valence-corrected chi connectivity index (χ2v) is 6.50. The van der Waals surface area contributed by atoms with Gasteiger partial charge in [-0.05, 0) is 41.8 Å². The third-order valence-corrected chi connectivity index (χ3v) is 5.18. The van der Waals surface area contributed by atoms with E-state index in [1.54, 1.807) is 14.2 Å². The van der Waals surface area contributed by atoms with Crippen LogP contribution in [0.1, 0.15) is 43.2 Å². The Hall–Kier alpha value is -0.740. The van der Waals surface area contributed by atoms with Gasteiger partial charge < -0.3 is 15.2 Å². The van der Waals surface area contributed by atoms with E-state index in [0.717, 1.165) is 34.4 Å². The van der Waals surface area contributed by atoms with E-state index in [1.807, 2.05) is 6.92 Å². The van der Waals surface area contributed by atoms with Crippen LogP contribution in [0.2, 0.25) is 0 Å². The summed E-state index contributed by atoms with van der Waals surface area (Å²) in [5, 5.41) is 0. The highest BCUT2D eigenvalue weighted by atomic mass is 79.9. The minimum absolute atomic E-state index is 0.0448. The molecule has 0 bridgehead atoms. The summed E-state index contributed by atoms with van der Waals surface area (Å²) in [6.07, 6.45) is 6.06. The van der Waals surface area contributed by atoms with E-state index in [4.69, 9.17) is 15.2 Å². The number of ether oxygens (including phenoxy) is 2. The molecule has 2 N–H and O–H groups in total. The van der Waals surface area contributed by atoms with Crippen LogP contribution in [0.3, 0.4) is 0 Å². The van der Waals surface area contributed by atoms with Crippen LogP contribution < -0.4 is 15.2 Å². The Labute approximate surface area is 130 Å². The fraction of sp³-hybridized carbons (Fsp3) is 0.625. The van der Waals surface area contributed by atoms with Crippen molar-refractivity contribution in [2.24, 2.45) is 5.73 Å². The van der Waals surface area contributed by atoms with Crippen LogP contribution in [0.4, 0.5) is 0 Å². The maximum atomic E-state index is 6.16. The predicted molar refractivity (Wildman–Crippen MR) is 85.8 cm³/mol. The monoisotopic (exact) mass is 341 g/mol. The molecular formula is C16H24BrNO2. The summed E-state index contributed by atoms with van der Waals surface area (Å²) in [4.78, 5) is 0. The van der Waals surface area contributed by atoms with Crippen molar-refractivity contribution < 1.29 is 9.47 Å². The van der Waals surface area contributed by atoms with Crippen LogP contribution in [0.5, 0.6) is 11.5 Å². The van der Waals surface area contributed by atoms with Crippen molar-refractivity contribution in [1.29, 1.82) is 0 Å². The molecular weight excluding hydrogens is 318 g/mol. The molecule has 0 atom stereocenters. The molecule has 4 heteroatoms. The molecule has 0 radical (unpaired) electrons. The second kappa shape index (κ2) is 6.35. The molecule has 3 nitrogen and oxygen atoms in total. The lowest BCUT2D eigenvalue weighted by Gasteiger charge is -2.38. The van der Waals surface area contributed by atoms with Gasteiger partial charge in [-0.1, -0.05) is 19.3 Å². The van der Waals surface area contributed by atoms with Crippen molar-refractivity contribution >= 4 is 15.9 Å². The Bertz CT molecular complexity index is 482. The van der Waals surface area contributed by atoms with Gasteiger partial charge >= 0.3 is 0 Å². The molecule has 0 unspecified atom stereocenters. The molecule has 0 aliphatic heterocycles. The van der Waals surface area contributed by atoms with Crippen LogP contribution in [-0.2, 0) is 5.41 Å². The van der Waals surface area contributed by atoms with Crippen molar-refractivity contribution in [3.8, 4) is 11.5 Å². The average molecular weight is 342 g/mol. The molecule has 1 aliphatic rings. The van der Waals surface area contributed by atoms with Gasteiger partial charge in [-0.15, -0.1) is 0 Å². The topological polar surface area (TPSA) is 44.5 Å². The van der Waals surface area contributed by atoms with Gasteiger partial charge in [0.05, 0.1) is 18.7 Å². The van der Waals surface area contributed by atoms with Gasteiger partial charge in [0.15, 0.2) is 0 Å².